The summed E-state index contributed by atoms with van der Waals surface area (Å²) in [4.78, 5) is 0. The zero-order valence-electron chi connectivity index (χ0n) is 7.15. The van der Waals surface area contributed by atoms with Crippen LogP contribution in [-0.4, -0.2) is 0 Å². The minimum absolute atomic E-state index is 0.837. The third kappa shape index (κ3) is 8.00. The molecule has 0 heterocycles. The molecule has 0 fully saturated rings. The lowest BCUT2D eigenvalue weighted by Gasteiger charge is -2.16. The topological polar surface area (TPSA) is 0 Å². The molecule has 0 heteroatoms. The molecule has 0 aliphatic carbocycles. The van der Waals surface area contributed by atoms with E-state index in [1.165, 1.54) is 12.8 Å². The van der Waals surface area contributed by atoms with Crippen LogP contribution in [0, 0.1) is 18.3 Å². The maximum Gasteiger partial charge on any atom is -0.0652 e. The lowest BCUT2D eigenvalue weighted by atomic mass is 10.0. The highest BCUT2D eigenvalue weighted by Crippen LogP contribution is 2.09. The van der Waals surface area contributed by atoms with Crippen molar-refractivity contribution < 1.29 is 0 Å². The SMILES string of the molecule is CC(C)C[CH-]CC(C)C. The van der Waals surface area contributed by atoms with Gasteiger partial charge in [-0.3, -0.25) is 0 Å². The van der Waals surface area contributed by atoms with Gasteiger partial charge < -0.3 is 6.42 Å². The van der Waals surface area contributed by atoms with Gasteiger partial charge in [-0.05, 0) is 0 Å². The Morgan fingerprint density at radius 3 is 1.44 bits per heavy atom. The van der Waals surface area contributed by atoms with Crippen LogP contribution in [0.5, 0.6) is 0 Å². The van der Waals surface area contributed by atoms with Crippen molar-refractivity contribution in [3.05, 3.63) is 6.42 Å². The Hall–Kier alpha value is 0. The molecule has 0 aromatic heterocycles. The summed E-state index contributed by atoms with van der Waals surface area (Å²) in [5.41, 5.74) is 0. The molecule has 0 amide bonds. The first-order valence-corrected chi connectivity index (χ1v) is 3.94. The van der Waals surface area contributed by atoms with Gasteiger partial charge >= 0.3 is 0 Å². The summed E-state index contributed by atoms with van der Waals surface area (Å²) in [6, 6.07) is 0. The van der Waals surface area contributed by atoms with E-state index in [1.54, 1.807) is 0 Å². The van der Waals surface area contributed by atoms with Crippen LogP contribution >= 0.6 is 0 Å². The first-order valence-electron chi connectivity index (χ1n) is 3.94. The van der Waals surface area contributed by atoms with Crippen molar-refractivity contribution in [1.29, 1.82) is 0 Å². The van der Waals surface area contributed by atoms with Gasteiger partial charge in [0.25, 0.3) is 0 Å². The second-order valence-corrected chi connectivity index (χ2v) is 3.55. The van der Waals surface area contributed by atoms with E-state index in [9.17, 15) is 0 Å². The molecule has 0 aliphatic heterocycles. The van der Waals surface area contributed by atoms with E-state index in [0.29, 0.717) is 0 Å². The van der Waals surface area contributed by atoms with E-state index in [2.05, 4.69) is 34.1 Å². The molecule has 9 heavy (non-hydrogen) atoms. The fourth-order valence-corrected chi connectivity index (χ4v) is 0.763. The van der Waals surface area contributed by atoms with Gasteiger partial charge in [-0.15, -0.1) is 0 Å². The van der Waals surface area contributed by atoms with Gasteiger partial charge in [-0.2, -0.15) is 12.8 Å². The summed E-state index contributed by atoms with van der Waals surface area (Å²) in [6.45, 7) is 9.04. The Labute approximate surface area is 59.7 Å². The molecule has 0 radical (unpaired) electrons. The lowest BCUT2D eigenvalue weighted by molar-refractivity contribution is 0.565. The molecule has 0 spiro atoms. The van der Waals surface area contributed by atoms with Crippen molar-refractivity contribution in [1.82, 2.24) is 0 Å². The van der Waals surface area contributed by atoms with E-state index in [1.807, 2.05) is 0 Å². The molecule has 56 valence electrons. The van der Waals surface area contributed by atoms with Crippen LogP contribution in [0.2, 0.25) is 0 Å². The van der Waals surface area contributed by atoms with E-state index in [-0.39, 0.29) is 0 Å². The van der Waals surface area contributed by atoms with Crippen LogP contribution in [-0.2, 0) is 0 Å². The van der Waals surface area contributed by atoms with Crippen molar-refractivity contribution >= 4 is 0 Å². The van der Waals surface area contributed by atoms with E-state index in [4.69, 9.17) is 0 Å². The predicted octanol–water partition coefficient (Wildman–Crippen LogP) is 3.28. The Morgan fingerprint density at radius 1 is 0.889 bits per heavy atom. The third-order valence-electron chi connectivity index (χ3n) is 1.28. The molecule has 0 saturated carbocycles. The highest BCUT2D eigenvalue weighted by molar-refractivity contribution is 4.67. The van der Waals surface area contributed by atoms with Crippen LogP contribution in [0.15, 0.2) is 0 Å². The number of hydrogen-bond donors (Lipinski definition) is 0. The molecular weight excluding hydrogens is 108 g/mol. The van der Waals surface area contributed by atoms with E-state index < -0.39 is 0 Å². The van der Waals surface area contributed by atoms with Crippen LogP contribution < -0.4 is 0 Å². The van der Waals surface area contributed by atoms with E-state index >= 15 is 0 Å². The second kappa shape index (κ2) is 4.84. The molecule has 0 aliphatic rings. The molecule has 0 nitrogen and oxygen atoms in total. The molecule has 0 bridgehead atoms. The summed E-state index contributed by atoms with van der Waals surface area (Å²) in [5, 5.41) is 0. The summed E-state index contributed by atoms with van der Waals surface area (Å²) in [6.07, 6.45) is 4.95. The molecule has 0 N–H and O–H groups in total. The Morgan fingerprint density at radius 2 is 1.22 bits per heavy atom. The van der Waals surface area contributed by atoms with Gasteiger partial charge in [-0.25, -0.2) is 0 Å². The highest BCUT2D eigenvalue weighted by Gasteiger charge is 1.86. The van der Waals surface area contributed by atoms with Gasteiger partial charge in [-0.1, -0.05) is 39.5 Å². The van der Waals surface area contributed by atoms with Crippen LogP contribution in [0.4, 0.5) is 0 Å². The monoisotopic (exact) mass is 127 g/mol. The average molecular weight is 127 g/mol. The molecular formula is C9H19-. The third-order valence-corrected chi connectivity index (χ3v) is 1.28. The second-order valence-electron chi connectivity index (χ2n) is 3.55. The molecule has 0 atom stereocenters. The van der Waals surface area contributed by atoms with Crippen molar-refractivity contribution in [2.45, 2.75) is 40.5 Å². The zero-order chi connectivity index (χ0) is 7.28. The van der Waals surface area contributed by atoms with Gasteiger partial charge in [0.05, 0.1) is 0 Å². The van der Waals surface area contributed by atoms with Crippen molar-refractivity contribution in [3.8, 4) is 0 Å². The Balaban J connectivity index is 2.91. The number of hydrogen-bond acceptors (Lipinski definition) is 0. The molecule has 0 saturated heterocycles. The lowest BCUT2D eigenvalue weighted by Crippen LogP contribution is -1.91. The van der Waals surface area contributed by atoms with Gasteiger partial charge in [0.15, 0.2) is 0 Å². The average Bonchev–Trinajstić information content (AvgIpc) is 1.63. The van der Waals surface area contributed by atoms with Gasteiger partial charge in [0, 0.05) is 0 Å². The van der Waals surface area contributed by atoms with Crippen LogP contribution in [0.1, 0.15) is 40.5 Å². The number of rotatable bonds is 4. The summed E-state index contributed by atoms with van der Waals surface area (Å²) < 4.78 is 0. The molecule has 0 rings (SSSR count). The minimum atomic E-state index is 0.837. The van der Waals surface area contributed by atoms with Gasteiger partial charge in [0.1, 0.15) is 0 Å². The Bertz CT molecular complexity index is 45.1. The minimum Gasteiger partial charge on any atom is -0.328 e. The van der Waals surface area contributed by atoms with Crippen LogP contribution in [0.3, 0.4) is 0 Å². The fourth-order valence-electron chi connectivity index (χ4n) is 0.763. The standard InChI is InChI=1S/C9H19/c1-8(2)6-5-7-9(3)4/h5,8-9H,6-7H2,1-4H3/q-1. The van der Waals surface area contributed by atoms with Crippen LogP contribution in [0.25, 0.3) is 0 Å². The first kappa shape index (κ1) is 9.00. The first-order chi connectivity index (χ1) is 4.13. The molecule has 0 unspecified atom stereocenters. The smallest absolute Gasteiger partial charge is 0.0652 e. The fraction of sp³-hybridized carbons (Fsp3) is 0.889. The Kier molecular flexibility index (Phi) is 4.84. The predicted molar refractivity (Wildman–Crippen MR) is 43.2 cm³/mol. The summed E-state index contributed by atoms with van der Waals surface area (Å²) >= 11 is 0. The normalized spacial score (nSPS) is 11.3. The quantitative estimate of drug-likeness (QED) is 0.508. The summed E-state index contributed by atoms with van der Waals surface area (Å²) in [7, 11) is 0. The zero-order valence-corrected chi connectivity index (χ0v) is 7.15. The maximum absolute atomic E-state index is 2.40. The molecule has 0 aromatic rings. The maximum atomic E-state index is 2.40. The van der Waals surface area contributed by atoms with Crippen molar-refractivity contribution in [2.24, 2.45) is 11.8 Å². The summed E-state index contributed by atoms with van der Waals surface area (Å²) in [5.74, 6) is 1.67. The van der Waals surface area contributed by atoms with Crippen molar-refractivity contribution in [3.63, 3.8) is 0 Å². The largest absolute Gasteiger partial charge is 0.328 e. The van der Waals surface area contributed by atoms with E-state index in [0.717, 1.165) is 11.8 Å². The molecule has 0 aromatic carbocycles. The van der Waals surface area contributed by atoms with Crippen molar-refractivity contribution in [2.75, 3.05) is 0 Å². The highest BCUT2D eigenvalue weighted by atomic mass is 14.0. The van der Waals surface area contributed by atoms with Gasteiger partial charge in [0.2, 0.25) is 0 Å².